The van der Waals surface area contributed by atoms with E-state index in [2.05, 4.69) is 55.5 Å². The number of esters is 1. The maximum Gasteiger partial charge on any atom is 0.308 e. The van der Waals surface area contributed by atoms with Crippen LogP contribution < -0.4 is 9.46 Å². The number of benzene rings is 1. The Morgan fingerprint density at radius 3 is 1.89 bits per heavy atom. The minimum Gasteiger partial charge on any atom is -0.426 e. The Kier molecular flexibility index (Phi) is 16.7. The number of Topliss-reactive ketones (excluding diaryl/α,β-unsaturated/α-hetero) is 1. The number of ketones is 1. The van der Waals surface area contributed by atoms with Gasteiger partial charge in [-0.3, -0.25) is 19.1 Å². The van der Waals surface area contributed by atoms with E-state index in [9.17, 15) is 22.8 Å². The Morgan fingerprint density at radius 1 is 0.816 bits per heavy atom. The molecule has 1 aromatic rings. The van der Waals surface area contributed by atoms with Gasteiger partial charge in [0.05, 0.1) is 5.56 Å². The second-order valence-electron chi connectivity index (χ2n) is 8.40. The third-order valence-corrected chi connectivity index (χ3v) is 6.14. The SMILES string of the molecule is CC/C=C\C/C=C\C/C=C\C/C=C\C/C=C\CCCC(=O)NS(=O)(=O)CC(=O)c1ccccc1OC(C)=O. The molecule has 7 nitrogen and oxygen atoms in total. The fraction of sp³-hybridized carbons (Fsp3) is 0.367. The lowest BCUT2D eigenvalue weighted by molar-refractivity contribution is -0.131. The van der Waals surface area contributed by atoms with Crippen molar-refractivity contribution in [2.45, 2.75) is 65.2 Å². The van der Waals surface area contributed by atoms with E-state index in [1.165, 1.54) is 25.1 Å². The third kappa shape index (κ3) is 16.3. The van der Waals surface area contributed by atoms with E-state index < -0.39 is 33.4 Å². The molecule has 0 atom stereocenters. The molecule has 0 spiro atoms. The highest BCUT2D eigenvalue weighted by atomic mass is 32.2. The number of allylic oxidation sites excluding steroid dienone is 10. The molecule has 8 heteroatoms. The number of sulfonamides is 1. The molecule has 0 aliphatic rings. The maximum absolute atomic E-state index is 12.4. The van der Waals surface area contributed by atoms with Crippen LogP contribution in [0.5, 0.6) is 5.75 Å². The van der Waals surface area contributed by atoms with E-state index in [0.717, 1.165) is 32.1 Å². The van der Waals surface area contributed by atoms with Gasteiger partial charge in [0.15, 0.2) is 5.78 Å². The molecule has 1 rings (SSSR count). The summed E-state index contributed by atoms with van der Waals surface area (Å²) in [6.07, 6.45) is 26.8. The van der Waals surface area contributed by atoms with E-state index in [-0.39, 0.29) is 17.7 Å². The Hall–Kier alpha value is -3.52. The molecular weight excluding hydrogens is 502 g/mol. The van der Waals surface area contributed by atoms with Crippen molar-refractivity contribution in [2.75, 3.05) is 5.75 Å². The number of ether oxygens (including phenoxy) is 1. The fourth-order valence-corrected chi connectivity index (χ4v) is 4.22. The molecule has 0 saturated heterocycles. The Labute approximate surface area is 227 Å². The van der Waals surface area contributed by atoms with Crippen molar-refractivity contribution in [3.63, 3.8) is 0 Å². The van der Waals surface area contributed by atoms with Crippen LogP contribution in [-0.2, 0) is 19.6 Å². The topological polar surface area (TPSA) is 107 Å². The molecule has 1 N–H and O–H groups in total. The van der Waals surface area contributed by atoms with Gasteiger partial charge in [0, 0.05) is 13.3 Å². The van der Waals surface area contributed by atoms with Crippen LogP contribution in [0.4, 0.5) is 0 Å². The van der Waals surface area contributed by atoms with Crippen molar-refractivity contribution < 1.29 is 27.5 Å². The first-order valence-electron chi connectivity index (χ1n) is 12.8. The van der Waals surface area contributed by atoms with Crippen LogP contribution in [0.25, 0.3) is 0 Å². The van der Waals surface area contributed by atoms with Gasteiger partial charge < -0.3 is 4.74 Å². The normalized spacial score (nSPS) is 12.4. The highest BCUT2D eigenvalue weighted by Gasteiger charge is 2.22. The third-order valence-electron chi connectivity index (χ3n) is 4.96. The summed E-state index contributed by atoms with van der Waals surface area (Å²) >= 11 is 0. The number of hydrogen-bond donors (Lipinski definition) is 1. The Bertz CT molecular complexity index is 1140. The van der Waals surface area contributed by atoms with Gasteiger partial charge in [0.25, 0.3) is 0 Å². The lowest BCUT2D eigenvalue weighted by Gasteiger charge is -2.09. The van der Waals surface area contributed by atoms with E-state index >= 15 is 0 Å². The number of carbonyl (C=O) groups is 3. The highest BCUT2D eigenvalue weighted by molar-refractivity contribution is 7.90. The van der Waals surface area contributed by atoms with Crippen molar-refractivity contribution in [1.29, 1.82) is 0 Å². The zero-order valence-corrected chi connectivity index (χ0v) is 23.1. The van der Waals surface area contributed by atoms with Gasteiger partial charge in [-0.2, -0.15) is 0 Å². The first kappa shape index (κ1) is 32.5. The zero-order valence-electron chi connectivity index (χ0n) is 22.3. The summed E-state index contributed by atoms with van der Waals surface area (Å²) in [6.45, 7) is 3.30. The summed E-state index contributed by atoms with van der Waals surface area (Å²) in [5.74, 6) is -3.02. The number of unbranched alkanes of at least 4 members (excludes halogenated alkanes) is 1. The van der Waals surface area contributed by atoms with Crippen molar-refractivity contribution in [3.8, 4) is 5.75 Å². The Morgan fingerprint density at radius 2 is 1.34 bits per heavy atom. The van der Waals surface area contributed by atoms with Crippen LogP contribution in [0.1, 0.15) is 75.6 Å². The standard InChI is InChI=1S/C30H39NO6S/c1-3-4-5-6-7-8-9-10-11-12-13-14-15-16-17-18-19-24-30(34)31-38(35,36)25-28(33)27-22-20-21-23-29(27)37-26(2)32/h4-5,7-8,10-11,13-14,16-17,20-23H,3,6,9,12,15,18-19,24-25H2,1-2H3,(H,31,34)/b5-4-,8-7-,11-10-,14-13-,17-16-. The predicted octanol–water partition coefficient (Wildman–Crippen LogP) is 6.16. The van der Waals surface area contributed by atoms with Gasteiger partial charge in [-0.05, 0) is 57.1 Å². The average Bonchev–Trinajstić information content (AvgIpc) is 2.85. The van der Waals surface area contributed by atoms with E-state index in [4.69, 9.17) is 4.74 Å². The van der Waals surface area contributed by atoms with Gasteiger partial charge >= 0.3 is 5.97 Å². The summed E-state index contributed by atoms with van der Waals surface area (Å²) < 4.78 is 31.4. The van der Waals surface area contributed by atoms with Gasteiger partial charge in [0.2, 0.25) is 15.9 Å². The molecule has 0 aliphatic carbocycles. The molecule has 38 heavy (non-hydrogen) atoms. The van der Waals surface area contributed by atoms with Crippen LogP contribution in [0.15, 0.2) is 85.0 Å². The van der Waals surface area contributed by atoms with E-state index in [0.29, 0.717) is 12.8 Å². The molecule has 206 valence electrons. The summed E-state index contributed by atoms with van der Waals surface area (Å²) in [6, 6.07) is 5.85. The van der Waals surface area contributed by atoms with Crippen molar-refractivity contribution in [1.82, 2.24) is 4.72 Å². The molecule has 0 aliphatic heterocycles. The van der Waals surface area contributed by atoms with Gasteiger partial charge in [0.1, 0.15) is 11.5 Å². The maximum atomic E-state index is 12.4. The van der Waals surface area contributed by atoms with Crippen molar-refractivity contribution in [3.05, 3.63) is 90.6 Å². The number of nitrogens with one attached hydrogen (secondary N) is 1. The van der Waals surface area contributed by atoms with Gasteiger partial charge in [-0.15, -0.1) is 0 Å². The van der Waals surface area contributed by atoms with Crippen molar-refractivity contribution >= 4 is 27.7 Å². The largest absolute Gasteiger partial charge is 0.426 e. The summed E-state index contributed by atoms with van der Waals surface area (Å²) in [4.78, 5) is 35.6. The van der Waals surface area contributed by atoms with E-state index in [1.54, 1.807) is 6.07 Å². The first-order chi connectivity index (χ1) is 18.2. The molecule has 0 saturated carbocycles. The second kappa shape index (κ2) is 19.6. The number of hydrogen-bond acceptors (Lipinski definition) is 6. The number of amides is 1. The second-order valence-corrected chi connectivity index (χ2v) is 10.1. The smallest absolute Gasteiger partial charge is 0.308 e. The Balaban J connectivity index is 2.26. The molecule has 0 unspecified atom stereocenters. The predicted molar refractivity (Wildman–Crippen MR) is 152 cm³/mol. The molecule has 0 aromatic heterocycles. The van der Waals surface area contributed by atoms with Crippen LogP contribution in [0.2, 0.25) is 0 Å². The molecule has 0 heterocycles. The lowest BCUT2D eigenvalue weighted by atomic mass is 10.1. The number of carbonyl (C=O) groups excluding carboxylic acids is 3. The first-order valence-corrected chi connectivity index (χ1v) is 14.5. The highest BCUT2D eigenvalue weighted by Crippen LogP contribution is 2.19. The lowest BCUT2D eigenvalue weighted by Crippen LogP contribution is -2.35. The molecule has 0 fully saturated rings. The van der Waals surface area contributed by atoms with Gasteiger partial charge in [-0.1, -0.05) is 79.8 Å². The van der Waals surface area contributed by atoms with Gasteiger partial charge in [-0.25, -0.2) is 8.42 Å². The van der Waals surface area contributed by atoms with Crippen LogP contribution in [0, 0.1) is 0 Å². The monoisotopic (exact) mass is 541 g/mol. The minimum atomic E-state index is -4.17. The van der Waals surface area contributed by atoms with E-state index in [1.807, 2.05) is 16.9 Å². The zero-order chi connectivity index (χ0) is 28.1. The molecule has 1 aromatic carbocycles. The quantitative estimate of drug-likeness (QED) is 0.0784. The minimum absolute atomic E-state index is 0.0196. The summed E-state index contributed by atoms with van der Waals surface area (Å²) in [5, 5.41) is 0. The average molecular weight is 542 g/mol. The van der Waals surface area contributed by atoms with Crippen molar-refractivity contribution in [2.24, 2.45) is 0 Å². The molecule has 1 amide bonds. The van der Waals surface area contributed by atoms with Crippen LogP contribution >= 0.6 is 0 Å². The molecule has 0 bridgehead atoms. The number of para-hydroxylation sites is 1. The molecular formula is C30H39NO6S. The number of rotatable bonds is 18. The molecule has 0 radical (unpaired) electrons. The van der Waals surface area contributed by atoms with Crippen LogP contribution in [0.3, 0.4) is 0 Å². The fourth-order valence-electron chi connectivity index (χ4n) is 3.20. The summed E-state index contributed by atoms with van der Waals surface area (Å²) in [7, 11) is -4.17. The van der Waals surface area contributed by atoms with Crippen LogP contribution in [-0.4, -0.2) is 31.8 Å². The summed E-state index contributed by atoms with van der Waals surface area (Å²) in [5.41, 5.74) is -0.0427.